The number of furan rings is 1. The summed E-state index contributed by atoms with van der Waals surface area (Å²) in [5, 5.41) is 4.18. The molecule has 0 amide bonds. The van der Waals surface area contributed by atoms with E-state index in [9.17, 15) is 0 Å². The molecule has 184 valence electrons. The van der Waals surface area contributed by atoms with Crippen molar-refractivity contribution in [3.63, 3.8) is 0 Å². The van der Waals surface area contributed by atoms with Crippen molar-refractivity contribution < 1.29 is 8.83 Å². The standard InChI is InChI=1S/C35H22N2O2/c1-3-12-24(13-4-1)37(25-14-5-2-6-15-25)26-19-20-28-32(22-26)38-34-27-16-8-7-11-23(27)21-29(33(28)34)35-36-30-17-9-10-18-31(30)39-35/h1-22H. The molecule has 0 spiro atoms. The zero-order chi connectivity index (χ0) is 25.8. The Labute approximate surface area is 224 Å². The van der Waals surface area contributed by atoms with Crippen LogP contribution in [0.3, 0.4) is 0 Å². The Morgan fingerprint density at radius 2 is 1.21 bits per heavy atom. The second kappa shape index (κ2) is 8.61. The molecule has 0 aliphatic rings. The van der Waals surface area contributed by atoms with Crippen LogP contribution in [-0.2, 0) is 0 Å². The van der Waals surface area contributed by atoms with E-state index in [4.69, 9.17) is 13.8 Å². The van der Waals surface area contributed by atoms with E-state index >= 15 is 0 Å². The molecule has 2 heterocycles. The van der Waals surface area contributed by atoms with Crippen molar-refractivity contribution in [2.24, 2.45) is 0 Å². The van der Waals surface area contributed by atoms with Crippen molar-refractivity contribution in [3.8, 4) is 11.5 Å². The van der Waals surface area contributed by atoms with Gasteiger partial charge in [0.1, 0.15) is 16.7 Å². The van der Waals surface area contributed by atoms with Gasteiger partial charge in [0.05, 0.1) is 0 Å². The number of anilines is 3. The van der Waals surface area contributed by atoms with Gasteiger partial charge in [0.15, 0.2) is 5.58 Å². The predicted octanol–water partition coefficient (Wildman–Crippen LogP) is 10.0. The van der Waals surface area contributed by atoms with Gasteiger partial charge in [0, 0.05) is 44.9 Å². The molecule has 0 aliphatic carbocycles. The largest absolute Gasteiger partial charge is 0.455 e. The number of oxazole rings is 1. The molecule has 6 aromatic carbocycles. The van der Waals surface area contributed by atoms with Gasteiger partial charge in [-0.05, 0) is 60.0 Å². The van der Waals surface area contributed by atoms with Gasteiger partial charge in [-0.1, -0.05) is 72.8 Å². The van der Waals surface area contributed by atoms with Crippen LogP contribution in [0.4, 0.5) is 17.1 Å². The molecule has 2 aromatic heterocycles. The molecule has 0 bridgehead atoms. The molecule has 0 saturated heterocycles. The minimum atomic E-state index is 0.592. The summed E-state index contributed by atoms with van der Waals surface area (Å²) >= 11 is 0. The third kappa shape index (κ3) is 3.50. The van der Waals surface area contributed by atoms with E-state index in [1.165, 1.54) is 0 Å². The third-order valence-electron chi connectivity index (χ3n) is 7.26. The zero-order valence-corrected chi connectivity index (χ0v) is 20.9. The maximum Gasteiger partial charge on any atom is 0.228 e. The van der Waals surface area contributed by atoms with Crippen molar-refractivity contribution in [1.29, 1.82) is 0 Å². The molecule has 0 N–H and O–H groups in total. The van der Waals surface area contributed by atoms with Crippen LogP contribution in [-0.4, -0.2) is 4.98 Å². The third-order valence-corrected chi connectivity index (χ3v) is 7.26. The van der Waals surface area contributed by atoms with Gasteiger partial charge in [0.25, 0.3) is 0 Å². The lowest BCUT2D eigenvalue weighted by atomic mass is 10.00. The topological polar surface area (TPSA) is 42.4 Å². The number of aromatic nitrogens is 1. The van der Waals surface area contributed by atoms with Crippen molar-refractivity contribution >= 4 is 60.9 Å². The van der Waals surface area contributed by atoms with Gasteiger partial charge in [0.2, 0.25) is 5.89 Å². The molecule has 4 nitrogen and oxygen atoms in total. The quantitative estimate of drug-likeness (QED) is 0.240. The number of hydrogen-bond donors (Lipinski definition) is 0. The van der Waals surface area contributed by atoms with E-state index in [1.54, 1.807) is 0 Å². The smallest absolute Gasteiger partial charge is 0.228 e. The van der Waals surface area contributed by atoms with Crippen LogP contribution in [0.25, 0.3) is 55.3 Å². The highest BCUT2D eigenvalue weighted by atomic mass is 16.3. The first-order chi connectivity index (χ1) is 19.3. The Morgan fingerprint density at radius 3 is 1.97 bits per heavy atom. The average molecular weight is 503 g/mol. The molecule has 0 aliphatic heterocycles. The second-order valence-electron chi connectivity index (χ2n) is 9.63. The Kier molecular flexibility index (Phi) is 4.79. The van der Waals surface area contributed by atoms with E-state index in [2.05, 4.69) is 89.8 Å². The predicted molar refractivity (Wildman–Crippen MR) is 159 cm³/mol. The molecule has 0 saturated carbocycles. The van der Waals surface area contributed by atoms with Crippen LogP contribution in [0, 0.1) is 0 Å². The first kappa shape index (κ1) is 21.7. The number of rotatable bonds is 4. The second-order valence-corrected chi connectivity index (χ2v) is 9.63. The van der Waals surface area contributed by atoms with Crippen LogP contribution in [0.1, 0.15) is 0 Å². The SMILES string of the molecule is c1ccc(N(c2ccccc2)c2ccc3c(c2)oc2c4ccccc4cc(-c4nc5ccccc5o4)c32)cc1. The van der Waals surface area contributed by atoms with Crippen molar-refractivity contribution in [1.82, 2.24) is 4.98 Å². The Hall–Kier alpha value is -5.35. The number of nitrogens with zero attached hydrogens (tertiary/aromatic N) is 2. The number of benzene rings is 6. The lowest BCUT2D eigenvalue weighted by Gasteiger charge is -2.25. The summed E-state index contributed by atoms with van der Waals surface area (Å²) in [6, 6.07) is 45.5. The van der Waals surface area contributed by atoms with Crippen LogP contribution in [0.5, 0.6) is 0 Å². The van der Waals surface area contributed by atoms with Crippen LogP contribution in [0.2, 0.25) is 0 Å². The summed E-state index contributed by atoms with van der Waals surface area (Å²) in [4.78, 5) is 7.08. The Bertz CT molecular complexity index is 2050. The fourth-order valence-electron chi connectivity index (χ4n) is 5.50. The van der Waals surface area contributed by atoms with E-state index in [-0.39, 0.29) is 0 Å². The lowest BCUT2D eigenvalue weighted by Crippen LogP contribution is -2.09. The minimum Gasteiger partial charge on any atom is -0.455 e. The van der Waals surface area contributed by atoms with Gasteiger partial charge in [-0.15, -0.1) is 0 Å². The number of hydrogen-bond acceptors (Lipinski definition) is 4. The molecule has 0 unspecified atom stereocenters. The molecule has 8 rings (SSSR count). The summed E-state index contributed by atoms with van der Waals surface area (Å²) in [6.45, 7) is 0. The van der Waals surface area contributed by atoms with Gasteiger partial charge < -0.3 is 13.7 Å². The van der Waals surface area contributed by atoms with E-state index < -0.39 is 0 Å². The first-order valence-corrected chi connectivity index (χ1v) is 13.0. The van der Waals surface area contributed by atoms with E-state index in [1.807, 2.05) is 48.5 Å². The van der Waals surface area contributed by atoms with Crippen LogP contribution >= 0.6 is 0 Å². The van der Waals surface area contributed by atoms with Crippen molar-refractivity contribution in [3.05, 3.63) is 133 Å². The highest BCUT2D eigenvalue weighted by molar-refractivity contribution is 6.21. The summed E-state index contributed by atoms with van der Waals surface area (Å²) in [7, 11) is 0. The van der Waals surface area contributed by atoms with Gasteiger partial charge in [-0.3, -0.25) is 0 Å². The highest BCUT2D eigenvalue weighted by Crippen LogP contribution is 2.43. The van der Waals surface area contributed by atoms with Gasteiger partial charge in [-0.25, -0.2) is 4.98 Å². The van der Waals surface area contributed by atoms with Gasteiger partial charge >= 0.3 is 0 Å². The van der Waals surface area contributed by atoms with E-state index in [0.717, 1.165) is 66.4 Å². The van der Waals surface area contributed by atoms with Crippen LogP contribution < -0.4 is 4.90 Å². The summed E-state index contributed by atoms with van der Waals surface area (Å²) < 4.78 is 12.9. The Balaban J connectivity index is 1.40. The molecule has 0 radical (unpaired) electrons. The lowest BCUT2D eigenvalue weighted by molar-refractivity contribution is 0.620. The molecule has 39 heavy (non-hydrogen) atoms. The normalized spacial score (nSPS) is 11.6. The molecular weight excluding hydrogens is 480 g/mol. The highest BCUT2D eigenvalue weighted by Gasteiger charge is 2.21. The molecular formula is C35H22N2O2. The average Bonchev–Trinajstić information content (AvgIpc) is 3.60. The van der Waals surface area contributed by atoms with Crippen molar-refractivity contribution in [2.75, 3.05) is 4.90 Å². The van der Waals surface area contributed by atoms with Gasteiger partial charge in [-0.2, -0.15) is 0 Å². The molecule has 0 fully saturated rings. The molecule has 0 atom stereocenters. The number of para-hydroxylation sites is 4. The van der Waals surface area contributed by atoms with E-state index in [0.29, 0.717) is 5.89 Å². The maximum absolute atomic E-state index is 6.67. The summed E-state index contributed by atoms with van der Waals surface area (Å²) in [6.07, 6.45) is 0. The maximum atomic E-state index is 6.67. The molecule has 4 heteroatoms. The fraction of sp³-hybridized carbons (Fsp3) is 0. The number of fused-ring (bicyclic) bond motifs is 6. The minimum absolute atomic E-state index is 0.592. The monoisotopic (exact) mass is 502 g/mol. The fourth-order valence-corrected chi connectivity index (χ4v) is 5.50. The van der Waals surface area contributed by atoms with Crippen LogP contribution in [0.15, 0.2) is 142 Å². The molecule has 8 aromatic rings. The summed E-state index contributed by atoms with van der Waals surface area (Å²) in [5.74, 6) is 0.592. The Morgan fingerprint density at radius 1 is 0.513 bits per heavy atom. The zero-order valence-electron chi connectivity index (χ0n) is 20.9. The van der Waals surface area contributed by atoms with Crippen molar-refractivity contribution in [2.45, 2.75) is 0 Å². The first-order valence-electron chi connectivity index (χ1n) is 13.0. The summed E-state index contributed by atoms with van der Waals surface area (Å²) in [5.41, 5.74) is 7.36.